The lowest BCUT2D eigenvalue weighted by Gasteiger charge is -2.17. The van der Waals surface area contributed by atoms with Gasteiger partial charge in [0, 0.05) is 12.1 Å². The standard InChI is InChI=1S/C30H27N3O8S/c1-3-39-29(37)20-7-11-22(12-8-20)32-30-33(16-18-4-13-23-24(14-18)41-17-40-23)27(35)25(42-30)15-26(34)31-21-9-5-19(6-10-21)28(36)38-2/h4-14,25H,3,15-17H2,1-2H3,(H,31,34)/t25-/m1/s1. The second-order valence-corrected chi connectivity index (χ2v) is 10.4. The molecule has 0 radical (unpaired) electrons. The van der Waals surface area contributed by atoms with Gasteiger partial charge in [-0.15, -0.1) is 0 Å². The minimum Gasteiger partial charge on any atom is -0.465 e. The highest BCUT2D eigenvalue weighted by atomic mass is 32.2. The molecule has 0 saturated carbocycles. The van der Waals surface area contributed by atoms with Crippen LogP contribution < -0.4 is 14.8 Å². The maximum Gasteiger partial charge on any atom is 0.338 e. The smallest absolute Gasteiger partial charge is 0.338 e. The van der Waals surface area contributed by atoms with Gasteiger partial charge in [0.1, 0.15) is 5.25 Å². The number of hydrogen-bond acceptors (Lipinski definition) is 10. The van der Waals surface area contributed by atoms with Gasteiger partial charge in [-0.05, 0) is 73.2 Å². The first-order chi connectivity index (χ1) is 20.3. The summed E-state index contributed by atoms with van der Waals surface area (Å²) >= 11 is 1.19. The number of hydrogen-bond donors (Lipinski definition) is 1. The number of benzene rings is 3. The van der Waals surface area contributed by atoms with E-state index in [4.69, 9.17) is 18.9 Å². The average Bonchev–Trinajstić information content (AvgIpc) is 3.57. The number of nitrogens with one attached hydrogen (secondary N) is 1. The first kappa shape index (κ1) is 28.7. The van der Waals surface area contributed by atoms with Crippen molar-refractivity contribution in [2.45, 2.75) is 25.1 Å². The van der Waals surface area contributed by atoms with E-state index in [2.05, 4.69) is 10.3 Å². The molecule has 1 atom stereocenters. The van der Waals surface area contributed by atoms with Crippen LogP contribution in [-0.4, -0.2) is 59.6 Å². The van der Waals surface area contributed by atoms with Crippen molar-refractivity contribution in [1.82, 2.24) is 4.90 Å². The summed E-state index contributed by atoms with van der Waals surface area (Å²) in [6.07, 6.45) is -0.0965. The number of thioether (sulfide) groups is 1. The summed E-state index contributed by atoms with van der Waals surface area (Å²) in [7, 11) is 1.29. The van der Waals surface area contributed by atoms with Gasteiger partial charge in [0.05, 0.1) is 37.1 Å². The summed E-state index contributed by atoms with van der Waals surface area (Å²) in [5.41, 5.74) is 2.56. The lowest BCUT2D eigenvalue weighted by Crippen LogP contribution is -2.33. The van der Waals surface area contributed by atoms with Crippen molar-refractivity contribution in [2.24, 2.45) is 4.99 Å². The maximum atomic E-state index is 13.6. The van der Waals surface area contributed by atoms with Crippen LogP contribution in [0.5, 0.6) is 11.5 Å². The third-order valence-corrected chi connectivity index (χ3v) is 7.54. The van der Waals surface area contributed by atoms with Crippen LogP contribution in [-0.2, 0) is 25.6 Å². The molecular formula is C30H27N3O8S. The molecule has 2 aliphatic rings. The molecule has 42 heavy (non-hydrogen) atoms. The molecule has 0 bridgehead atoms. The van der Waals surface area contributed by atoms with Gasteiger partial charge in [0.15, 0.2) is 16.7 Å². The zero-order chi connectivity index (χ0) is 29.6. The molecule has 0 spiro atoms. The molecule has 0 aliphatic carbocycles. The lowest BCUT2D eigenvalue weighted by molar-refractivity contribution is -0.128. The monoisotopic (exact) mass is 589 g/mol. The van der Waals surface area contributed by atoms with Crippen LogP contribution in [0.2, 0.25) is 0 Å². The van der Waals surface area contributed by atoms with Gasteiger partial charge in [-0.2, -0.15) is 0 Å². The first-order valence-electron chi connectivity index (χ1n) is 13.0. The molecule has 216 valence electrons. The number of carbonyl (C=O) groups excluding carboxylic acids is 4. The molecule has 1 N–H and O–H groups in total. The third kappa shape index (κ3) is 6.55. The summed E-state index contributed by atoms with van der Waals surface area (Å²) in [5.74, 6) is -0.326. The summed E-state index contributed by atoms with van der Waals surface area (Å²) in [6.45, 7) is 2.34. The van der Waals surface area contributed by atoms with Gasteiger partial charge in [0.25, 0.3) is 0 Å². The van der Waals surface area contributed by atoms with Crippen molar-refractivity contribution in [3.05, 3.63) is 83.4 Å². The number of rotatable bonds is 9. The largest absolute Gasteiger partial charge is 0.465 e. The number of amides is 2. The highest BCUT2D eigenvalue weighted by Gasteiger charge is 2.39. The van der Waals surface area contributed by atoms with Crippen molar-refractivity contribution >= 4 is 52.1 Å². The molecule has 0 aromatic heterocycles. The van der Waals surface area contributed by atoms with E-state index in [1.807, 2.05) is 12.1 Å². The minimum atomic E-state index is -0.717. The van der Waals surface area contributed by atoms with E-state index in [1.54, 1.807) is 61.5 Å². The fourth-order valence-electron chi connectivity index (χ4n) is 4.28. The number of ether oxygens (including phenoxy) is 4. The maximum absolute atomic E-state index is 13.6. The SMILES string of the molecule is CCOC(=O)c1ccc(N=C2S[C@H](CC(=O)Nc3ccc(C(=O)OC)cc3)C(=O)N2Cc2ccc3c(c2)OCO3)cc1. The second-order valence-electron chi connectivity index (χ2n) is 9.20. The zero-order valence-electron chi connectivity index (χ0n) is 22.8. The van der Waals surface area contributed by atoms with E-state index in [9.17, 15) is 19.2 Å². The van der Waals surface area contributed by atoms with Gasteiger partial charge >= 0.3 is 11.9 Å². The van der Waals surface area contributed by atoms with Crippen LogP contribution in [0.25, 0.3) is 0 Å². The molecule has 3 aromatic rings. The number of fused-ring (bicyclic) bond motifs is 1. The molecule has 2 heterocycles. The molecule has 1 fully saturated rings. The average molecular weight is 590 g/mol. The molecule has 12 heteroatoms. The summed E-state index contributed by atoms with van der Waals surface area (Å²) in [6, 6.07) is 18.3. The Balaban J connectivity index is 1.34. The van der Waals surface area contributed by atoms with Gasteiger partial charge in [-0.25, -0.2) is 14.6 Å². The summed E-state index contributed by atoms with van der Waals surface area (Å²) in [4.78, 5) is 56.4. The molecule has 0 unspecified atom stereocenters. The highest BCUT2D eigenvalue weighted by molar-refractivity contribution is 8.15. The Labute approximate surface area is 245 Å². The number of esters is 2. The van der Waals surface area contributed by atoms with Crippen LogP contribution >= 0.6 is 11.8 Å². The number of aliphatic imine (C=N–C) groups is 1. The van der Waals surface area contributed by atoms with Crippen molar-refractivity contribution in [3.8, 4) is 11.5 Å². The van der Waals surface area contributed by atoms with Crippen LogP contribution in [0.3, 0.4) is 0 Å². The van der Waals surface area contributed by atoms with E-state index in [0.29, 0.717) is 39.2 Å². The number of amidine groups is 1. The molecule has 2 amide bonds. The fourth-order valence-corrected chi connectivity index (χ4v) is 5.43. The van der Waals surface area contributed by atoms with Crippen LogP contribution in [0.4, 0.5) is 11.4 Å². The van der Waals surface area contributed by atoms with Crippen molar-refractivity contribution < 1.29 is 38.1 Å². The van der Waals surface area contributed by atoms with Gasteiger partial charge < -0.3 is 24.3 Å². The van der Waals surface area contributed by atoms with E-state index in [0.717, 1.165) is 5.56 Å². The Morgan fingerprint density at radius 1 is 0.976 bits per heavy atom. The summed E-state index contributed by atoms with van der Waals surface area (Å²) in [5, 5.41) is 2.47. The predicted octanol–water partition coefficient (Wildman–Crippen LogP) is 4.54. The Kier molecular flexibility index (Phi) is 8.72. The predicted molar refractivity (Wildman–Crippen MR) is 155 cm³/mol. The number of methoxy groups -OCH3 is 1. The summed E-state index contributed by atoms with van der Waals surface area (Å²) < 4.78 is 20.6. The molecule has 1 saturated heterocycles. The van der Waals surface area contributed by atoms with Crippen LogP contribution in [0.1, 0.15) is 39.6 Å². The molecule has 5 rings (SSSR count). The van der Waals surface area contributed by atoms with E-state index < -0.39 is 17.2 Å². The fraction of sp³-hybridized carbons (Fsp3) is 0.233. The van der Waals surface area contributed by atoms with Crippen molar-refractivity contribution in [2.75, 3.05) is 25.8 Å². The first-order valence-corrected chi connectivity index (χ1v) is 13.9. The zero-order valence-corrected chi connectivity index (χ0v) is 23.6. The van der Waals surface area contributed by atoms with Crippen LogP contribution in [0.15, 0.2) is 71.7 Å². The van der Waals surface area contributed by atoms with Crippen molar-refractivity contribution in [1.29, 1.82) is 0 Å². The van der Waals surface area contributed by atoms with Crippen molar-refractivity contribution in [3.63, 3.8) is 0 Å². The van der Waals surface area contributed by atoms with E-state index in [1.165, 1.54) is 23.8 Å². The van der Waals surface area contributed by atoms with Gasteiger partial charge in [-0.1, -0.05) is 17.8 Å². The number of anilines is 1. The van der Waals surface area contributed by atoms with E-state index >= 15 is 0 Å². The van der Waals surface area contributed by atoms with E-state index in [-0.39, 0.29) is 38.2 Å². The molecular weight excluding hydrogens is 562 g/mol. The molecule has 3 aromatic carbocycles. The number of carbonyl (C=O) groups is 4. The Morgan fingerprint density at radius 3 is 2.38 bits per heavy atom. The third-order valence-electron chi connectivity index (χ3n) is 6.36. The topological polar surface area (TPSA) is 133 Å². The molecule has 2 aliphatic heterocycles. The Hall–Kier alpha value is -4.84. The van der Waals surface area contributed by atoms with Gasteiger partial charge in [0.2, 0.25) is 18.6 Å². The normalized spacial score (nSPS) is 16.4. The van der Waals surface area contributed by atoms with Crippen LogP contribution in [0, 0.1) is 0 Å². The molecule has 11 nitrogen and oxygen atoms in total. The Bertz CT molecular complexity index is 1540. The lowest BCUT2D eigenvalue weighted by atomic mass is 10.1. The second kappa shape index (κ2) is 12.8. The Morgan fingerprint density at radius 2 is 1.67 bits per heavy atom. The highest BCUT2D eigenvalue weighted by Crippen LogP contribution is 2.36. The number of nitrogens with zero attached hydrogens (tertiary/aromatic N) is 2. The quantitative estimate of drug-likeness (QED) is 0.357. The van der Waals surface area contributed by atoms with Gasteiger partial charge in [-0.3, -0.25) is 14.5 Å². The minimum absolute atomic E-state index is 0.0965.